The van der Waals surface area contributed by atoms with Gasteiger partial charge < -0.3 is 19.7 Å². The van der Waals surface area contributed by atoms with Crippen molar-refractivity contribution < 1.29 is 14.3 Å². The smallest absolute Gasteiger partial charge is 0.298 e. The summed E-state index contributed by atoms with van der Waals surface area (Å²) < 4.78 is 5.90. The third kappa shape index (κ3) is 4.06. The Labute approximate surface area is 163 Å². The molecule has 2 heterocycles. The fourth-order valence-electron chi connectivity index (χ4n) is 4.12. The Hall–Kier alpha value is -1.79. The molecule has 6 nitrogen and oxygen atoms in total. The van der Waals surface area contributed by atoms with E-state index >= 15 is 0 Å². The van der Waals surface area contributed by atoms with Gasteiger partial charge in [0.2, 0.25) is 5.91 Å². The number of fused-ring (bicyclic) bond motifs is 1. The van der Waals surface area contributed by atoms with Gasteiger partial charge in [0.1, 0.15) is 5.52 Å². The van der Waals surface area contributed by atoms with Crippen LogP contribution in [0.2, 0.25) is 5.02 Å². The average molecular weight is 392 g/mol. The van der Waals surface area contributed by atoms with Gasteiger partial charge in [-0.05, 0) is 63.1 Å². The lowest BCUT2D eigenvalue weighted by molar-refractivity contribution is -0.126. The molecule has 1 aromatic heterocycles. The predicted molar refractivity (Wildman–Crippen MR) is 105 cm³/mol. The van der Waals surface area contributed by atoms with Crippen molar-refractivity contribution in [3.63, 3.8) is 0 Å². The summed E-state index contributed by atoms with van der Waals surface area (Å²) in [6.07, 6.45) is 4.75. The quantitative estimate of drug-likeness (QED) is 0.838. The number of hydrogen-bond donors (Lipinski definition) is 2. The summed E-state index contributed by atoms with van der Waals surface area (Å²) in [5.41, 5.74) is 2.47. The number of amides is 1. The number of rotatable bonds is 3. The zero-order valence-corrected chi connectivity index (χ0v) is 16.3. The monoisotopic (exact) mass is 391 g/mol. The molecule has 1 aliphatic heterocycles. The van der Waals surface area contributed by atoms with E-state index in [9.17, 15) is 9.90 Å². The number of aryl methyl sites for hydroxylation is 1. The number of aromatic nitrogens is 1. The molecule has 2 N–H and O–H groups in total. The number of halogens is 1. The molecule has 2 aliphatic rings. The Balaban J connectivity index is 1.35. The van der Waals surface area contributed by atoms with Gasteiger partial charge >= 0.3 is 0 Å². The summed E-state index contributed by atoms with van der Waals surface area (Å²) in [5.74, 6) is 0.134. The number of piperidine rings is 1. The summed E-state index contributed by atoms with van der Waals surface area (Å²) in [6, 6.07) is 4.45. The minimum Gasteiger partial charge on any atom is -0.423 e. The second-order valence-electron chi connectivity index (χ2n) is 7.85. The highest BCUT2D eigenvalue weighted by Gasteiger charge is 2.29. The molecular weight excluding hydrogens is 366 g/mol. The lowest BCUT2D eigenvalue weighted by atomic mass is 9.91. The van der Waals surface area contributed by atoms with Crippen molar-refractivity contribution in [2.75, 3.05) is 18.0 Å². The van der Waals surface area contributed by atoms with Crippen LogP contribution in [-0.2, 0) is 4.79 Å². The Morgan fingerprint density at radius 1 is 1.30 bits per heavy atom. The normalized spacial score (nSPS) is 24.3. The third-order valence-corrected chi connectivity index (χ3v) is 6.19. The van der Waals surface area contributed by atoms with Crippen LogP contribution >= 0.6 is 11.6 Å². The van der Waals surface area contributed by atoms with Crippen LogP contribution in [0.4, 0.5) is 6.01 Å². The molecule has 1 saturated carbocycles. The molecule has 2 atom stereocenters. The molecule has 1 aromatic carbocycles. The van der Waals surface area contributed by atoms with Crippen molar-refractivity contribution in [3.8, 4) is 0 Å². The molecule has 0 radical (unpaired) electrons. The topological polar surface area (TPSA) is 78.6 Å². The largest absolute Gasteiger partial charge is 0.423 e. The Morgan fingerprint density at radius 3 is 2.81 bits per heavy atom. The van der Waals surface area contributed by atoms with Crippen LogP contribution in [0.25, 0.3) is 11.1 Å². The highest BCUT2D eigenvalue weighted by molar-refractivity contribution is 6.32. The summed E-state index contributed by atoms with van der Waals surface area (Å²) in [5, 5.41) is 13.6. The molecule has 27 heavy (non-hydrogen) atoms. The predicted octanol–water partition coefficient (Wildman–Crippen LogP) is 3.43. The maximum Gasteiger partial charge on any atom is 0.298 e. The zero-order valence-electron chi connectivity index (χ0n) is 15.6. The SMILES string of the molecule is Cc1cc2oc(N3CCC(C(=O)N[C@H]4CCC[C@H](O)C4)CC3)nc2cc1Cl. The number of oxazole rings is 1. The van der Waals surface area contributed by atoms with Gasteiger partial charge in [-0.1, -0.05) is 11.6 Å². The molecule has 7 heteroatoms. The van der Waals surface area contributed by atoms with E-state index in [0.29, 0.717) is 17.5 Å². The summed E-state index contributed by atoms with van der Waals surface area (Å²) in [6.45, 7) is 3.43. The fraction of sp³-hybridized carbons (Fsp3) is 0.600. The number of aliphatic hydroxyl groups excluding tert-OH is 1. The van der Waals surface area contributed by atoms with Gasteiger partial charge in [0.15, 0.2) is 5.58 Å². The van der Waals surface area contributed by atoms with Crippen molar-refractivity contribution >= 4 is 34.6 Å². The van der Waals surface area contributed by atoms with E-state index in [4.69, 9.17) is 16.0 Å². The van der Waals surface area contributed by atoms with Crippen LogP contribution in [-0.4, -0.2) is 41.2 Å². The van der Waals surface area contributed by atoms with Crippen molar-refractivity contribution in [1.82, 2.24) is 10.3 Å². The summed E-state index contributed by atoms with van der Waals surface area (Å²) in [7, 11) is 0. The first-order valence-electron chi connectivity index (χ1n) is 9.79. The average Bonchev–Trinajstić information content (AvgIpc) is 3.05. The maximum absolute atomic E-state index is 12.6. The summed E-state index contributed by atoms with van der Waals surface area (Å²) in [4.78, 5) is 19.2. The molecule has 2 aromatic rings. The van der Waals surface area contributed by atoms with Crippen molar-refractivity contribution in [1.29, 1.82) is 0 Å². The Bertz CT molecular complexity index is 790. The lowest BCUT2D eigenvalue weighted by Gasteiger charge is -2.32. The maximum atomic E-state index is 12.6. The highest BCUT2D eigenvalue weighted by Crippen LogP contribution is 2.30. The van der Waals surface area contributed by atoms with Gasteiger partial charge in [0.05, 0.1) is 6.10 Å². The van der Waals surface area contributed by atoms with Gasteiger partial charge in [-0.25, -0.2) is 0 Å². The third-order valence-electron chi connectivity index (χ3n) is 5.79. The van der Waals surface area contributed by atoms with Crippen molar-refractivity contribution in [2.45, 2.75) is 57.6 Å². The van der Waals surface area contributed by atoms with E-state index in [1.165, 1.54) is 0 Å². The number of hydrogen-bond acceptors (Lipinski definition) is 5. The molecule has 1 aliphatic carbocycles. The van der Waals surface area contributed by atoms with E-state index in [1.54, 1.807) is 0 Å². The lowest BCUT2D eigenvalue weighted by Crippen LogP contribution is -2.45. The molecule has 0 unspecified atom stereocenters. The number of benzene rings is 1. The van der Waals surface area contributed by atoms with Crippen LogP contribution in [0.5, 0.6) is 0 Å². The fourth-order valence-corrected chi connectivity index (χ4v) is 4.28. The van der Waals surface area contributed by atoms with Crippen molar-refractivity contribution in [3.05, 3.63) is 22.7 Å². The van der Waals surface area contributed by atoms with E-state index in [1.807, 2.05) is 19.1 Å². The minimum absolute atomic E-state index is 0.0152. The molecular formula is C20H26ClN3O3. The highest BCUT2D eigenvalue weighted by atomic mass is 35.5. The molecule has 0 spiro atoms. The second kappa shape index (κ2) is 7.68. The van der Waals surface area contributed by atoms with Crippen molar-refractivity contribution in [2.24, 2.45) is 5.92 Å². The first-order valence-corrected chi connectivity index (χ1v) is 10.2. The molecule has 4 rings (SSSR count). The van der Waals surface area contributed by atoms with Gasteiger partial charge in [0.25, 0.3) is 6.01 Å². The van der Waals surface area contributed by atoms with Gasteiger partial charge in [-0.3, -0.25) is 4.79 Å². The van der Waals surface area contributed by atoms with Crippen LogP contribution in [0.15, 0.2) is 16.5 Å². The Morgan fingerprint density at radius 2 is 2.07 bits per heavy atom. The molecule has 1 saturated heterocycles. The summed E-state index contributed by atoms with van der Waals surface area (Å²) >= 11 is 6.17. The van der Waals surface area contributed by atoms with Gasteiger partial charge in [-0.15, -0.1) is 0 Å². The van der Waals surface area contributed by atoms with E-state index in [-0.39, 0.29) is 24.0 Å². The number of carbonyl (C=O) groups is 1. The number of nitrogens with one attached hydrogen (secondary N) is 1. The van der Waals surface area contributed by atoms with Gasteiger partial charge in [-0.2, -0.15) is 4.98 Å². The minimum atomic E-state index is -0.276. The van der Waals surface area contributed by atoms with E-state index in [2.05, 4.69) is 15.2 Å². The number of anilines is 1. The van der Waals surface area contributed by atoms with Crippen LogP contribution < -0.4 is 10.2 Å². The van der Waals surface area contributed by atoms with Gasteiger partial charge in [0, 0.05) is 30.1 Å². The number of aliphatic hydroxyl groups is 1. The number of carbonyl (C=O) groups excluding carboxylic acids is 1. The zero-order chi connectivity index (χ0) is 19.0. The molecule has 0 bridgehead atoms. The number of nitrogens with zero attached hydrogens (tertiary/aromatic N) is 2. The first kappa shape index (κ1) is 18.6. The first-order chi connectivity index (χ1) is 13.0. The molecule has 2 fully saturated rings. The second-order valence-corrected chi connectivity index (χ2v) is 8.26. The Kier molecular flexibility index (Phi) is 5.28. The van der Waals surface area contributed by atoms with Crippen LogP contribution in [0, 0.1) is 12.8 Å². The molecule has 146 valence electrons. The van der Waals surface area contributed by atoms with Crippen LogP contribution in [0.3, 0.4) is 0 Å². The molecule has 1 amide bonds. The standard InChI is InChI=1S/C20H26ClN3O3/c1-12-9-18-17(11-16(12)21)23-20(27-18)24-7-5-13(6-8-24)19(26)22-14-3-2-4-15(25)10-14/h9,11,13-15,25H,2-8,10H2,1H3,(H,22,26)/t14-,15-/m0/s1. The van der Waals surface area contributed by atoms with Crippen LogP contribution in [0.1, 0.15) is 44.1 Å². The van der Waals surface area contributed by atoms with E-state index < -0.39 is 0 Å². The van der Waals surface area contributed by atoms with E-state index in [0.717, 1.165) is 61.9 Å².